The van der Waals surface area contributed by atoms with Crippen LogP contribution in [0.4, 0.5) is 13.2 Å². The van der Waals surface area contributed by atoms with E-state index in [-0.39, 0.29) is 16.4 Å². The summed E-state index contributed by atoms with van der Waals surface area (Å²) in [5, 5.41) is 4.52. The highest BCUT2D eigenvalue weighted by Gasteiger charge is 2.30. The Labute approximate surface area is 133 Å². The van der Waals surface area contributed by atoms with Crippen LogP contribution < -0.4 is 4.74 Å². The molecule has 23 heavy (non-hydrogen) atoms. The molecule has 0 aliphatic carbocycles. The minimum Gasteiger partial charge on any atom is -0.468 e. The molecule has 0 fully saturated rings. The summed E-state index contributed by atoms with van der Waals surface area (Å²) in [6, 6.07) is 1.46. The average molecular weight is 346 g/mol. The first kappa shape index (κ1) is 17.1. The molecule has 0 atom stereocenters. The number of hydrogen-bond acceptors (Lipinski definition) is 4. The second kappa shape index (κ2) is 6.10. The van der Waals surface area contributed by atoms with Gasteiger partial charge in [-0.25, -0.2) is 9.97 Å². The molecule has 6 nitrogen and oxygen atoms in total. The molecule has 10 heteroatoms. The Hall–Kier alpha value is -2.25. The van der Waals surface area contributed by atoms with Gasteiger partial charge in [-0.05, 0) is 22.5 Å². The summed E-state index contributed by atoms with van der Waals surface area (Å²) < 4.78 is 41.7. The molecule has 0 spiro atoms. The molecule has 0 aliphatic heterocycles. The van der Waals surface area contributed by atoms with Crippen molar-refractivity contribution >= 4 is 22.4 Å². The van der Waals surface area contributed by atoms with E-state index >= 15 is 0 Å². The number of pyridine rings is 2. The summed E-state index contributed by atoms with van der Waals surface area (Å²) in [5.74, 6) is -0.220. The molecule has 0 unspecified atom stereocenters. The molecule has 2 aromatic rings. The van der Waals surface area contributed by atoms with Crippen molar-refractivity contribution in [3.8, 4) is 5.88 Å². The van der Waals surface area contributed by atoms with Gasteiger partial charge >= 0.3 is 6.18 Å². The monoisotopic (exact) mass is 345 g/mol. The van der Waals surface area contributed by atoms with Gasteiger partial charge in [0.15, 0.2) is 6.61 Å². The summed E-state index contributed by atoms with van der Waals surface area (Å²) in [5.41, 5.74) is 8.18. The van der Waals surface area contributed by atoms with Crippen molar-refractivity contribution in [3.05, 3.63) is 39.6 Å². The van der Waals surface area contributed by atoms with Gasteiger partial charge in [-0.2, -0.15) is 13.2 Å². The third kappa shape index (κ3) is 3.94. The van der Waals surface area contributed by atoms with Crippen molar-refractivity contribution in [2.24, 2.45) is 5.11 Å². The topological polar surface area (TPSA) is 83.8 Å². The second-order valence-electron chi connectivity index (χ2n) is 5.18. The van der Waals surface area contributed by atoms with Crippen molar-refractivity contribution in [1.29, 1.82) is 0 Å². The zero-order valence-electron chi connectivity index (χ0n) is 12.1. The van der Waals surface area contributed by atoms with Crippen molar-refractivity contribution in [2.45, 2.75) is 25.6 Å². The largest absolute Gasteiger partial charge is 0.468 e. The van der Waals surface area contributed by atoms with Gasteiger partial charge in [0.1, 0.15) is 5.15 Å². The number of azide groups is 1. The van der Waals surface area contributed by atoms with Crippen LogP contribution >= 0.6 is 11.6 Å². The fraction of sp³-hybridized carbons (Fsp3) is 0.385. The number of alkyl halides is 3. The van der Waals surface area contributed by atoms with Crippen molar-refractivity contribution in [3.63, 3.8) is 0 Å². The molecular formula is C13H11ClF3N5O. The zero-order valence-corrected chi connectivity index (χ0v) is 12.9. The maximum absolute atomic E-state index is 12.3. The van der Waals surface area contributed by atoms with Crippen molar-refractivity contribution in [2.75, 3.05) is 6.61 Å². The Morgan fingerprint density at radius 3 is 2.57 bits per heavy atom. The molecule has 2 aromatic heterocycles. The van der Waals surface area contributed by atoms with Crippen LogP contribution in [0.1, 0.15) is 19.4 Å². The normalized spacial score (nSPS) is 12.1. The van der Waals surface area contributed by atoms with Crippen LogP contribution in [0, 0.1) is 0 Å². The van der Waals surface area contributed by atoms with Crippen LogP contribution in [0.25, 0.3) is 21.2 Å². The fourth-order valence-corrected chi connectivity index (χ4v) is 2.16. The minimum absolute atomic E-state index is 0.142. The van der Waals surface area contributed by atoms with Crippen LogP contribution in [-0.2, 0) is 5.54 Å². The molecule has 0 radical (unpaired) electrons. The predicted octanol–water partition coefficient (Wildman–Crippen LogP) is 4.77. The lowest BCUT2D eigenvalue weighted by Gasteiger charge is -2.21. The van der Waals surface area contributed by atoms with Crippen LogP contribution in [0.15, 0.2) is 23.6 Å². The molecule has 2 rings (SSSR count). The van der Waals surface area contributed by atoms with Crippen molar-refractivity contribution < 1.29 is 17.9 Å². The number of hydrogen-bond donors (Lipinski definition) is 0. The predicted molar refractivity (Wildman–Crippen MR) is 78.3 cm³/mol. The first-order valence-corrected chi connectivity index (χ1v) is 6.72. The fourth-order valence-electron chi connectivity index (χ4n) is 2.00. The van der Waals surface area contributed by atoms with Gasteiger partial charge in [0, 0.05) is 17.3 Å². The zero-order chi connectivity index (χ0) is 17.3. The molecule has 0 aromatic carbocycles. The number of rotatable bonds is 4. The van der Waals surface area contributed by atoms with E-state index in [4.69, 9.17) is 21.9 Å². The summed E-state index contributed by atoms with van der Waals surface area (Å²) in [7, 11) is 0. The second-order valence-corrected chi connectivity index (χ2v) is 5.57. The summed E-state index contributed by atoms with van der Waals surface area (Å²) >= 11 is 5.86. The SMILES string of the molecule is CC(C)(N=[N+]=[N-])c1cnc(OCC(F)(F)F)c2cnc(Cl)cc12. The van der Waals surface area contributed by atoms with E-state index in [0.29, 0.717) is 10.9 Å². The van der Waals surface area contributed by atoms with Crippen molar-refractivity contribution in [1.82, 2.24) is 9.97 Å². The van der Waals surface area contributed by atoms with Gasteiger partial charge in [0.05, 0.1) is 10.9 Å². The van der Waals surface area contributed by atoms with E-state index in [1.807, 2.05) is 0 Å². The minimum atomic E-state index is -4.49. The summed E-state index contributed by atoms with van der Waals surface area (Å²) in [6.07, 6.45) is -1.91. The van der Waals surface area contributed by atoms with Gasteiger partial charge in [-0.3, -0.25) is 0 Å². The third-order valence-corrected chi connectivity index (χ3v) is 3.24. The van der Waals surface area contributed by atoms with Gasteiger partial charge in [-0.15, -0.1) is 0 Å². The Morgan fingerprint density at radius 1 is 1.26 bits per heavy atom. The maximum Gasteiger partial charge on any atom is 0.422 e. The van der Waals surface area contributed by atoms with E-state index in [1.54, 1.807) is 13.8 Å². The maximum atomic E-state index is 12.3. The van der Waals surface area contributed by atoms with Crippen LogP contribution in [-0.4, -0.2) is 22.8 Å². The van der Waals surface area contributed by atoms with Crippen LogP contribution in [0.5, 0.6) is 5.88 Å². The molecule has 0 bridgehead atoms. The molecule has 0 N–H and O–H groups in total. The summed E-state index contributed by atoms with van der Waals surface area (Å²) in [4.78, 5) is 10.5. The van der Waals surface area contributed by atoms with Gasteiger partial charge in [0.25, 0.3) is 0 Å². The van der Waals surface area contributed by atoms with E-state index in [1.165, 1.54) is 18.5 Å². The molecule has 0 amide bonds. The molecule has 0 saturated carbocycles. The number of halogens is 4. The van der Waals surface area contributed by atoms with E-state index in [0.717, 1.165) is 0 Å². The Balaban J connectivity index is 2.61. The number of fused-ring (bicyclic) bond motifs is 1. The molecule has 2 heterocycles. The lowest BCUT2D eigenvalue weighted by molar-refractivity contribution is -0.153. The van der Waals surface area contributed by atoms with Crippen LogP contribution in [0.2, 0.25) is 5.15 Å². The average Bonchev–Trinajstić information content (AvgIpc) is 2.43. The smallest absolute Gasteiger partial charge is 0.422 e. The lowest BCUT2D eigenvalue weighted by atomic mass is 9.93. The van der Waals surface area contributed by atoms with E-state index in [9.17, 15) is 13.2 Å². The molecular weight excluding hydrogens is 335 g/mol. The molecule has 122 valence electrons. The summed E-state index contributed by atoms with van der Waals surface area (Å²) in [6.45, 7) is 1.82. The van der Waals surface area contributed by atoms with E-state index < -0.39 is 18.3 Å². The highest BCUT2D eigenvalue weighted by molar-refractivity contribution is 6.30. The van der Waals surface area contributed by atoms with Gasteiger partial charge in [0.2, 0.25) is 5.88 Å². The first-order valence-electron chi connectivity index (χ1n) is 6.34. The highest BCUT2D eigenvalue weighted by atomic mass is 35.5. The Kier molecular flexibility index (Phi) is 4.53. The lowest BCUT2D eigenvalue weighted by Crippen LogP contribution is -2.20. The Bertz CT molecular complexity index is 787. The van der Waals surface area contributed by atoms with E-state index in [2.05, 4.69) is 20.0 Å². The van der Waals surface area contributed by atoms with Crippen LogP contribution in [0.3, 0.4) is 0 Å². The Morgan fingerprint density at radius 2 is 1.96 bits per heavy atom. The number of ether oxygens (including phenoxy) is 1. The molecule has 0 aliphatic rings. The standard InChI is InChI=1S/C13H11ClF3N5O/c1-12(2,21-22-18)9-5-20-11(23-6-13(15,16)17)8-4-19-10(14)3-7(8)9/h3-5H,6H2,1-2H3. The number of nitrogens with zero attached hydrogens (tertiary/aromatic N) is 5. The third-order valence-electron chi connectivity index (χ3n) is 3.03. The number of aromatic nitrogens is 2. The molecule has 0 saturated heterocycles. The highest BCUT2D eigenvalue weighted by Crippen LogP contribution is 2.35. The van der Waals surface area contributed by atoms with Gasteiger partial charge < -0.3 is 4.74 Å². The van der Waals surface area contributed by atoms with Gasteiger partial charge in [-0.1, -0.05) is 30.6 Å². The first-order chi connectivity index (χ1) is 10.6. The quantitative estimate of drug-likeness (QED) is 0.346.